The molecule has 1 fully saturated rings. The predicted molar refractivity (Wildman–Crippen MR) is 79.2 cm³/mol. The minimum absolute atomic E-state index is 0.0489. The van der Waals surface area contributed by atoms with Crippen molar-refractivity contribution in [2.45, 2.75) is 20.3 Å². The molecular weight excluding hydrogens is 269 g/mol. The maximum absolute atomic E-state index is 13.4. The Morgan fingerprint density at radius 2 is 2.05 bits per heavy atom. The SMILES string of the molecule is CC1CN(C(=O)c2ccc(F)cc2C#CCCO)CC1C. The lowest BCUT2D eigenvalue weighted by Crippen LogP contribution is -2.29. The summed E-state index contributed by atoms with van der Waals surface area (Å²) in [7, 11) is 0. The van der Waals surface area contributed by atoms with Crippen LogP contribution >= 0.6 is 0 Å². The average molecular weight is 289 g/mol. The van der Waals surface area contributed by atoms with Gasteiger partial charge in [0.15, 0.2) is 0 Å². The zero-order valence-corrected chi connectivity index (χ0v) is 12.4. The number of nitrogens with zero attached hydrogens (tertiary/aromatic N) is 1. The van der Waals surface area contributed by atoms with Crippen LogP contribution in [0.4, 0.5) is 4.39 Å². The van der Waals surface area contributed by atoms with Gasteiger partial charge in [-0.2, -0.15) is 0 Å². The van der Waals surface area contributed by atoms with E-state index in [0.717, 1.165) is 13.1 Å². The van der Waals surface area contributed by atoms with Crippen molar-refractivity contribution in [3.8, 4) is 11.8 Å². The predicted octanol–water partition coefficient (Wildman–Crippen LogP) is 2.29. The van der Waals surface area contributed by atoms with Crippen LogP contribution in [-0.2, 0) is 0 Å². The van der Waals surface area contributed by atoms with E-state index in [-0.39, 0.29) is 12.5 Å². The summed E-state index contributed by atoms with van der Waals surface area (Å²) in [4.78, 5) is 14.4. The molecule has 1 saturated heterocycles. The van der Waals surface area contributed by atoms with E-state index in [1.807, 2.05) is 0 Å². The highest BCUT2D eigenvalue weighted by Crippen LogP contribution is 2.24. The zero-order chi connectivity index (χ0) is 15.4. The smallest absolute Gasteiger partial charge is 0.255 e. The molecule has 1 N–H and O–H groups in total. The summed E-state index contributed by atoms with van der Waals surface area (Å²) in [5.74, 6) is 5.96. The molecule has 1 aliphatic heterocycles. The topological polar surface area (TPSA) is 40.5 Å². The van der Waals surface area contributed by atoms with Crippen molar-refractivity contribution in [1.29, 1.82) is 0 Å². The van der Waals surface area contributed by atoms with E-state index in [0.29, 0.717) is 29.4 Å². The van der Waals surface area contributed by atoms with Crippen LogP contribution in [0.1, 0.15) is 36.2 Å². The Hall–Kier alpha value is -1.86. The highest BCUT2D eigenvalue weighted by molar-refractivity contribution is 5.97. The lowest BCUT2D eigenvalue weighted by Gasteiger charge is -2.17. The van der Waals surface area contributed by atoms with Crippen LogP contribution in [0.5, 0.6) is 0 Å². The first-order chi connectivity index (χ1) is 10.0. The molecule has 0 radical (unpaired) electrons. The van der Waals surface area contributed by atoms with Crippen molar-refractivity contribution in [3.05, 3.63) is 35.1 Å². The molecule has 112 valence electrons. The molecule has 2 unspecified atom stereocenters. The third-order valence-electron chi connectivity index (χ3n) is 3.95. The Morgan fingerprint density at radius 3 is 2.67 bits per heavy atom. The van der Waals surface area contributed by atoms with Gasteiger partial charge in [0, 0.05) is 25.1 Å². The summed E-state index contributed by atoms with van der Waals surface area (Å²) in [6.45, 7) is 5.66. The Kier molecular flexibility index (Phi) is 4.98. The summed E-state index contributed by atoms with van der Waals surface area (Å²) >= 11 is 0. The number of hydrogen-bond acceptors (Lipinski definition) is 2. The number of benzene rings is 1. The lowest BCUT2D eigenvalue weighted by molar-refractivity contribution is 0.0784. The van der Waals surface area contributed by atoms with Crippen molar-refractivity contribution in [2.75, 3.05) is 19.7 Å². The quantitative estimate of drug-likeness (QED) is 0.849. The van der Waals surface area contributed by atoms with E-state index >= 15 is 0 Å². The first kappa shape index (κ1) is 15.5. The van der Waals surface area contributed by atoms with E-state index in [2.05, 4.69) is 25.7 Å². The van der Waals surface area contributed by atoms with Crippen LogP contribution in [0.3, 0.4) is 0 Å². The van der Waals surface area contributed by atoms with Gasteiger partial charge in [-0.15, -0.1) is 0 Å². The van der Waals surface area contributed by atoms with Gasteiger partial charge >= 0.3 is 0 Å². The van der Waals surface area contributed by atoms with E-state index in [4.69, 9.17) is 5.11 Å². The minimum atomic E-state index is -0.414. The molecule has 0 aliphatic carbocycles. The fraction of sp³-hybridized carbons (Fsp3) is 0.471. The van der Waals surface area contributed by atoms with Crippen LogP contribution in [0.2, 0.25) is 0 Å². The summed E-state index contributed by atoms with van der Waals surface area (Å²) in [6, 6.07) is 4.06. The van der Waals surface area contributed by atoms with Gasteiger partial charge in [-0.25, -0.2) is 4.39 Å². The third kappa shape index (κ3) is 3.62. The second-order valence-corrected chi connectivity index (χ2v) is 5.63. The molecule has 1 aromatic rings. The van der Waals surface area contributed by atoms with Crippen LogP contribution in [0.15, 0.2) is 18.2 Å². The van der Waals surface area contributed by atoms with Gasteiger partial charge in [-0.05, 0) is 30.0 Å². The molecule has 1 heterocycles. The maximum Gasteiger partial charge on any atom is 0.255 e. The number of aliphatic hydroxyl groups is 1. The molecule has 0 saturated carbocycles. The number of carbonyl (C=O) groups excluding carboxylic acids is 1. The number of hydrogen-bond donors (Lipinski definition) is 1. The molecule has 4 heteroatoms. The average Bonchev–Trinajstić information content (AvgIpc) is 2.78. The molecule has 0 spiro atoms. The van der Waals surface area contributed by atoms with Crippen molar-refractivity contribution in [3.63, 3.8) is 0 Å². The summed E-state index contributed by atoms with van der Waals surface area (Å²) in [5.41, 5.74) is 0.823. The Labute approximate surface area is 124 Å². The number of rotatable bonds is 2. The fourth-order valence-electron chi connectivity index (χ4n) is 2.49. The minimum Gasteiger partial charge on any atom is -0.395 e. The third-order valence-corrected chi connectivity index (χ3v) is 3.95. The van der Waals surface area contributed by atoms with Gasteiger partial charge in [0.05, 0.1) is 12.2 Å². The second kappa shape index (κ2) is 6.73. The van der Waals surface area contributed by atoms with Crippen molar-refractivity contribution >= 4 is 5.91 Å². The van der Waals surface area contributed by atoms with E-state index in [9.17, 15) is 9.18 Å². The highest BCUT2D eigenvalue weighted by Gasteiger charge is 2.30. The molecule has 0 bridgehead atoms. The van der Waals surface area contributed by atoms with Gasteiger partial charge < -0.3 is 10.0 Å². The Bertz CT molecular complexity index is 578. The van der Waals surface area contributed by atoms with Gasteiger partial charge in [-0.1, -0.05) is 25.7 Å². The molecule has 0 aromatic heterocycles. The largest absolute Gasteiger partial charge is 0.395 e. The standard InChI is InChI=1S/C17H20FNO2/c1-12-10-19(11-13(12)2)17(21)16-7-6-15(18)9-14(16)5-3-4-8-20/h6-7,9,12-13,20H,4,8,10-11H2,1-2H3. The molecule has 2 atom stereocenters. The number of likely N-dealkylation sites (tertiary alicyclic amines) is 1. The molecule has 1 aromatic carbocycles. The summed E-state index contributed by atoms with van der Waals surface area (Å²) < 4.78 is 13.4. The summed E-state index contributed by atoms with van der Waals surface area (Å²) in [6.07, 6.45) is 0.307. The number of carbonyl (C=O) groups is 1. The van der Waals surface area contributed by atoms with Crippen LogP contribution in [-0.4, -0.2) is 35.6 Å². The number of amides is 1. The van der Waals surface area contributed by atoms with Gasteiger partial charge in [0.1, 0.15) is 5.82 Å². The second-order valence-electron chi connectivity index (χ2n) is 5.63. The monoisotopic (exact) mass is 289 g/mol. The van der Waals surface area contributed by atoms with Crippen molar-refractivity contribution in [2.24, 2.45) is 11.8 Å². The number of aliphatic hydroxyl groups excluding tert-OH is 1. The molecule has 1 aliphatic rings. The molecule has 1 amide bonds. The van der Waals surface area contributed by atoms with E-state index in [1.54, 1.807) is 4.90 Å². The van der Waals surface area contributed by atoms with Gasteiger partial charge in [-0.3, -0.25) is 4.79 Å². The summed E-state index contributed by atoms with van der Waals surface area (Å²) in [5, 5.41) is 8.76. The zero-order valence-electron chi connectivity index (χ0n) is 12.4. The Balaban J connectivity index is 2.27. The van der Waals surface area contributed by atoms with Gasteiger partial charge in [0.25, 0.3) is 5.91 Å². The van der Waals surface area contributed by atoms with Crippen LogP contribution in [0.25, 0.3) is 0 Å². The molecule has 21 heavy (non-hydrogen) atoms. The Morgan fingerprint density at radius 1 is 1.38 bits per heavy atom. The van der Waals surface area contributed by atoms with Gasteiger partial charge in [0.2, 0.25) is 0 Å². The first-order valence-corrected chi connectivity index (χ1v) is 7.21. The lowest BCUT2D eigenvalue weighted by atomic mass is 10.0. The van der Waals surface area contributed by atoms with E-state index < -0.39 is 5.82 Å². The van der Waals surface area contributed by atoms with E-state index in [1.165, 1.54) is 18.2 Å². The van der Waals surface area contributed by atoms with Crippen LogP contribution in [0, 0.1) is 29.5 Å². The molecule has 2 rings (SSSR count). The first-order valence-electron chi connectivity index (χ1n) is 7.21. The normalized spacial score (nSPS) is 21.0. The number of halogens is 1. The highest BCUT2D eigenvalue weighted by atomic mass is 19.1. The van der Waals surface area contributed by atoms with Crippen molar-refractivity contribution < 1.29 is 14.3 Å². The molecular formula is C17H20FNO2. The maximum atomic E-state index is 13.4. The fourth-order valence-corrected chi connectivity index (χ4v) is 2.49. The molecule has 3 nitrogen and oxygen atoms in total. The van der Waals surface area contributed by atoms with Crippen LogP contribution < -0.4 is 0 Å². The van der Waals surface area contributed by atoms with Crippen molar-refractivity contribution in [1.82, 2.24) is 4.90 Å².